The van der Waals surface area contributed by atoms with Crippen LogP contribution in [-0.2, 0) is 4.79 Å². The van der Waals surface area contributed by atoms with E-state index in [9.17, 15) is 9.59 Å². The zero-order chi connectivity index (χ0) is 17.0. The first-order chi connectivity index (χ1) is 10.9. The van der Waals surface area contributed by atoms with E-state index in [0.29, 0.717) is 18.0 Å². The molecule has 7 heteroatoms. The van der Waals surface area contributed by atoms with Crippen molar-refractivity contribution >= 4 is 17.6 Å². The highest BCUT2D eigenvalue weighted by molar-refractivity contribution is 5.96. The van der Waals surface area contributed by atoms with Crippen molar-refractivity contribution in [1.29, 1.82) is 0 Å². The lowest BCUT2D eigenvalue weighted by Crippen LogP contribution is -2.33. The molecule has 0 aliphatic heterocycles. The lowest BCUT2D eigenvalue weighted by molar-refractivity contribution is -0.122. The zero-order valence-corrected chi connectivity index (χ0v) is 13.3. The minimum absolute atomic E-state index is 0.235. The average molecular weight is 317 g/mol. The summed E-state index contributed by atoms with van der Waals surface area (Å²) < 4.78 is 10.6. The quantitative estimate of drug-likeness (QED) is 0.849. The minimum atomic E-state index is -0.785. The highest BCUT2D eigenvalue weighted by Crippen LogP contribution is 2.22. The topological polar surface area (TPSA) is 107 Å². The number of nitrogens with two attached hydrogens (primary N) is 1. The minimum Gasteiger partial charge on any atom is -0.480 e. The van der Waals surface area contributed by atoms with Gasteiger partial charge in [0.25, 0.3) is 11.8 Å². The van der Waals surface area contributed by atoms with Crippen molar-refractivity contribution in [3.8, 4) is 5.75 Å². The van der Waals surface area contributed by atoms with Crippen LogP contribution in [0.1, 0.15) is 35.0 Å². The predicted octanol–water partition coefficient (Wildman–Crippen LogP) is 2.19. The van der Waals surface area contributed by atoms with Gasteiger partial charge in [0.1, 0.15) is 11.5 Å². The van der Waals surface area contributed by atoms with Gasteiger partial charge in [-0.3, -0.25) is 9.59 Å². The molecule has 23 heavy (non-hydrogen) atoms. The van der Waals surface area contributed by atoms with Gasteiger partial charge in [0.2, 0.25) is 0 Å². The van der Waals surface area contributed by atoms with Crippen molar-refractivity contribution in [2.75, 3.05) is 5.32 Å². The van der Waals surface area contributed by atoms with E-state index in [0.717, 1.165) is 5.56 Å². The lowest BCUT2D eigenvalue weighted by Gasteiger charge is -2.18. The van der Waals surface area contributed by atoms with Gasteiger partial charge in [-0.1, -0.05) is 18.1 Å². The number of carbonyl (C=O) groups excluding carboxylic acids is 2. The number of amides is 2. The van der Waals surface area contributed by atoms with E-state index in [1.165, 1.54) is 0 Å². The molecule has 0 aliphatic carbocycles. The second-order valence-corrected chi connectivity index (χ2v) is 5.19. The molecule has 1 aromatic heterocycles. The Bertz CT molecular complexity index is 724. The number of aromatic nitrogens is 1. The molecule has 7 nitrogen and oxygen atoms in total. The van der Waals surface area contributed by atoms with Crippen LogP contribution in [0, 0.1) is 13.8 Å². The van der Waals surface area contributed by atoms with E-state index in [4.69, 9.17) is 15.0 Å². The van der Waals surface area contributed by atoms with Gasteiger partial charge in [-0.05, 0) is 38.0 Å². The number of aryl methyl sites for hydroxylation is 2. The molecule has 0 saturated heterocycles. The Morgan fingerprint density at radius 2 is 2.09 bits per heavy atom. The third-order valence-electron chi connectivity index (χ3n) is 3.21. The fourth-order valence-electron chi connectivity index (χ4n) is 2.04. The predicted molar refractivity (Wildman–Crippen MR) is 84.3 cm³/mol. The first kappa shape index (κ1) is 16.5. The molecule has 0 unspecified atom stereocenters. The van der Waals surface area contributed by atoms with Crippen molar-refractivity contribution in [2.45, 2.75) is 33.3 Å². The van der Waals surface area contributed by atoms with Crippen molar-refractivity contribution in [2.24, 2.45) is 5.73 Å². The van der Waals surface area contributed by atoms with Crippen molar-refractivity contribution in [3.63, 3.8) is 0 Å². The smallest absolute Gasteiger partial charge is 0.266 e. The summed E-state index contributed by atoms with van der Waals surface area (Å²) in [7, 11) is 0. The maximum atomic E-state index is 12.3. The molecule has 2 rings (SSSR count). The molecule has 0 aliphatic rings. The van der Waals surface area contributed by atoms with Gasteiger partial charge in [-0.2, -0.15) is 0 Å². The SMILES string of the molecule is CC[C@H](Oc1cc(C)ccc1C(N)=O)C(=O)Nc1cc(C)on1. The van der Waals surface area contributed by atoms with Gasteiger partial charge < -0.3 is 20.3 Å². The number of ether oxygens (including phenoxy) is 1. The fourth-order valence-corrected chi connectivity index (χ4v) is 2.04. The standard InChI is InChI=1S/C16H19N3O4/c1-4-12(16(21)18-14-8-10(3)23-19-14)22-13-7-9(2)5-6-11(13)15(17)20/h5-8,12H,4H2,1-3H3,(H2,17,20)(H,18,19,21)/t12-/m0/s1. The third kappa shape index (κ3) is 4.09. The molecule has 2 aromatic rings. The van der Waals surface area contributed by atoms with Gasteiger partial charge in [0.05, 0.1) is 5.56 Å². The number of anilines is 1. The number of nitrogens with zero attached hydrogens (tertiary/aromatic N) is 1. The normalized spacial score (nSPS) is 11.8. The molecule has 1 heterocycles. The molecular weight excluding hydrogens is 298 g/mol. The lowest BCUT2D eigenvalue weighted by atomic mass is 10.1. The molecule has 0 saturated carbocycles. The number of hydrogen-bond acceptors (Lipinski definition) is 5. The summed E-state index contributed by atoms with van der Waals surface area (Å²) in [4.78, 5) is 23.8. The second-order valence-electron chi connectivity index (χ2n) is 5.19. The molecule has 1 atom stereocenters. The maximum absolute atomic E-state index is 12.3. The molecule has 0 fully saturated rings. The monoisotopic (exact) mass is 317 g/mol. The number of primary amides is 1. The summed E-state index contributed by atoms with van der Waals surface area (Å²) in [5.41, 5.74) is 6.47. The Kier molecular flexibility index (Phi) is 5.00. The van der Waals surface area contributed by atoms with Crippen LogP contribution < -0.4 is 15.8 Å². The van der Waals surface area contributed by atoms with Gasteiger partial charge in [0, 0.05) is 6.07 Å². The molecular formula is C16H19N3O4. The molecule has 0 bridgehead atoms. The van der Waals surface area contributed by atoms with Crippen LogP contribution in [0.3, 0.4) is 0 Å². The van der Waals surface area contributed by atoms with Gasteiger partial charge in [-0.25, -0.2) is 0 Å². The Balaban J connectivity index is 2.17. The van der Waals surface area contributed by atoms with Gasteiger partial charge in [0.15, 0.2) is 11.9 Å². The second kappa shape index (κ2) is 6.95. The number of hydrogen-bond donors (Lipinski definition) is 2. The summed E-state index contributed by atoms with van der Waals surface area (Å²) in [5, 5.41) is 6.32. The third-order valence-corrected chi connectivity index (χ3v) is 3.21. The van der Waals surface area contributed by atoms with E-state index in [2.05, 4.69) is 10.5 Å². The summed E-state index contributed by atoms with van der Waals surface area (Å²) in [5.74, 6) is 0.203. The highest BCUT2D eigenvalue weighted by atomic mass is 16.5. The van der Waals surface area contributed by atoms with E-state index >= 15 is 0 Å². The maximum Gasteiger partial charge on any atom is 0.266 e. The molecule has 3 N–H and O–H groups in total. The Morgan fingerprint density at radius 1 is 1.35 bits per heavy atom. The largest absolute Gasteiger partial charge is 0.480 e. The fraction of sp³-hybridized carbons (Fsp3) is 0.312. The Hall–Kier alpha value is -2.83. The molecule has 2 amide bonds. The van der Waals surface area contributed by atoms with Crippen molar-refractivity contribution in [3.05, 3.63) is 41.2 Å². The first-order valence-electron chi connectivity index (χ1n) is 7.22. The summed E-state index contributed by atoms with van der Waals surface area (Å²) >= 11 is 0. The van der Waals surface area contributed by atoms with Crippen molar-refractivity contribution in [1.82, 2.24) is 5.16 Å². The summed E-state index contributed by atoms with van der Waals surface area (Å²) in [6.45, 7) is 5.39. The van der Waals surface area contributed by atoms with Crippen LogP contribution in [0.5, 0.6) is 5.75 Å². The summed E-state index contributed by atoms with van der Waals surface area (Å²) in [6.07, 6.45) is -0.374. The van der Waals surface area contributed by atoms with E-state index in [1.54, 1.807) is 38.1 Å². The average Bonchev–Trinajstić information content (AvgIpc) is 2.89. The van der Waals surface area contributed by atoms with Crippen molar-refractivity contribution < 1.29 is 18.8 Å². The van der Waals surface area contributed by atoms with Crippen LogP contribution in [0.4, 0.5) is 5.82 Å². The number of carbonyl (C=O) groups is 2. The molecule has 0 spiro atoms. The van der Waals surface area contributed by atoms with Crippen LogP contribution in [0.25, 0.3) is 0 Å². The zero-order valence-electron chi connectivity index (χ0n) is 13.3. The number of nitrogens with one attached hydrogen (secondary N) is 1. The van der Waals surface area contributed by atoms with Crippen LogP contribution in [0.15, 0.2) is 28.8 Å². The van der Waals surface area contributed by atoms with E-state index < -0.39 is 12.0 Å². The van der Waals surface area contributed by atoms with Crippen LogP contribution in [0.2, 0.25) is 0 Å². The summed E-state index contributed by atoms with van der Waals surface area (Å²) in [6, 6.07) is 6.62. The number of benzene rings is 1. The van der Waals surface area contributed by atoms with Crippen LogP contribution in [-0.4, -0.2) is 23.1 Å². The molecule has 0 radical (unpaired) electrons. The number of rotatable bonds is 6. The molecule has 122 valence electrons. The van der Waals surface area contributed by atoms with Gasteiger partial charge >= 0.3 is 0 Å². The first-order valence-corrected chi connectivity index (χ1v) is 7.22. The van der Waals surface area contributed by atoms with E-state index in [1.807, 2.05) is 6.92 Å². The van der Waals surface area contributed by atoms with Gasteiger partial charge in [-0.15, -0.1) is 0 Å². The van der Waals surface area contributed by atoms with Crippen LogP contribution >= 0.6 is 0 Å². The Labute approximate surface area is 133 Å². The highest BCUT2D eigenvalue weighted by Gasteiger charge is 2.22. The van der Waals surface area contributed by atoms with E-state index in [-0.39, 0.29) is 17.2 Å². The Morgan fingerprint density at radius 3 is 2.65 bits per heavy atom. The molecule has 1 aromatic carbocycles.